The number of morpholine rings is 1. The number of primary amides is 1. The molecule has 3 rings (SSSR count). The molecule has 2 aromatic rings. The van der Waals surface area contributed by atoms with Crippen LogP contribution in [0.25, 0.3) is 0 Å². The molecule has 1 aliphatic heterocycles. The second-order valence-electron chi connectivity index (χ2n) is 5.95. The number of amides is 2. The Balaban J connectivity index is 1.86. The number of ether oxygens (including phenoxy) is 1. The molecule has 1 aliphatic rings. The van der Waals surface area contributed by atoms with Crippen LogP contribution in [0.15, 0.2) is 60.7 Å². The molecule has 1 heterocycles. The molecule has 0 aliphatic carbocycles. The van der Waals surface area contributed by atoms with Crippen molar-refractivity contribution in [2.45, 2.75) is 18.4 Å². The molecule has 2 aromatic carbocycles. The molecule has 0 spiro atoms. The topological polar surface area (TPSA) is 55.6 Å². The van der Waals surface area contributed by atoms with Crippen molar-refractivity contribution < 1.29 is 9.53 Å². The van der Waals surface area contributed by atoms with E-state index in [0.717, 1.165) is 18.4 Å². The van der Waals surface area contributed by atoms with Gasteiger partial charge in [0, 0.05) is 6.54 Å². The van der Waals surface area contributed by atoms with Crippen LogP contribution in [0, 0.1) is 0 Å². The quantitative estimate of drug-likeness (QED) is 0.944. The molecular weight excluding hydrogens is 288 g/mol. The van der Waals surface area contributed by atoms with E-state index < -0.39 is 5.60 Å². The van der Waals surface area contributed by atoms with Gasteiger partial charge in [0.15, 0.2) is 0 Å². The van der Waals surface area contributed by atoms with E-state index in [9.17, 15) is 4.79 Å². The summed E-state index contributed by atoms with van der Waals surface area (Å²) in [5.41, 5.74) is 7.37. The number of nitrogens with two attached hydrogens (primary N) is 1. The van der Waals surface area contributed by atoms with Gasteiger partial charge in [-0.2, -0.15) is 0 Å². The molecule has 4 nitrogen and oxygen atoms in total. The van der Waals surface area contributed by atoms with Crippen molar-refractivity contribution >= 4 is 6.03 Å². The van der Waals surface area contributed by atoms with Crippen molar-refractivity contribution in [3.63, 3.8) is 0 Å². The van der Waals surface area contributed by atoms with Gasteiger partial charge in [-0.1, -0.05) is 60.7 Å². The van der Waals surface area contributed by atoms with E-state index in [-0.39, 0.29) is 6.03 Å². The van der Waals surface area contributed by atoms with Crippen LogP contribution in [0.3, 0.4) is 0 Å². The Kier molecular flexibility index (Phi) is 4.63. The smallest absolute Gasteiger partial charge is 0.314 e. The number of carbonyl (C=O) groups excluding carboxylic acids is 1. The third-order valence-electron chi connectivity index (χ3n) is 4.46. The molecule has 1 fully saturated rings. The Labute approximate surface area is 136 Å². The van der Waals surface area contributed by atoms with Gasteiger partial charge < -0.3 is 15.4 Å². The highest BCUT2D eigenvalue weighted by Gasteiger charge is 2.39. The monoisotopic (exact) mass is 310 g/mol. The normalized spacial score (nSPS) is 21.1. The van der Waals surface area contributed by atoms with Crippen molar-refractivity contribution in [1.82, 2.24) is 4.90 Å². The Bertz CT molecular complexity index is 645. The number of hydrogen-bond acceptors (Lipinski definition) is 2. The standard InChI is InChI=1S/C19H22N2O2/c20-18(22)21-13-14-23-19(15-21,17-9-5-2-6-10-17)12-11-16-7-3-1-4-8-16/h1-10H,11-15H2,(H2,20,22). The summed E-state index contributed by atoms with van der Waals surface area (Å²) in [5.74, 6) is 0. The average molecular weight is 310 g/mol. The SMILES string of the molecule is NC(=O)N1CCOC(CCc2ccccc2)(c2ccccc2)C1. The van der Waals surface area contributed by atoms with Crippen molar-refractivity contribution in [3.8, 4) is 0 Å². The highest BCUT2D eigenvalue weighted by atomic mass is 16.5. The molecule has 1 saturated heterocycles. The van der Waals surface area contributed by atoms with Crippen molar-refractivity contribution in [1.29, 1.82) is 0 Å². The summed E-state index contributed by atoms with van der Waals surface area (Å²) in [4.78, 5) is 13.3. The fourth-order valence-corrected chi connectivity index (χ4v) is 3.18. The lowest BCUT2D eigenvalue weighted by Gasteiger charge is -2.42. The zero-order chi connectivity index (χ0) is 16.1. The third kappa shape index (κ3) is 3.54. The lowest BCUT2D eigenvalue weighted by molar-refractivity contribution is -0.107. The van der Waals surface area contributed by atoms with Crippen LogP contribution < -0.4 is 5.73 Å². The van der Waals surface area contributed by atoms with Crippen LogP contribution in [0.5, 0.6) is 0 Å². The maximum Gasteiger partial charge on any atom is 0.314 e. The van der Waals surface area contributed by atoms with Gasteiger partial charge in [-0.05, 0) is 24.0 Å². The summed E-state index contributed by atoms with van der Waals surface area (Å²) >= 11 is 0. The molecule has 23 heavy (non-hydrogen) atoms. The van der Waals surface area contributed by atoms with E-state index >= 15 is 0 Å². The number of benzene rings is 2. The van der Waals surface area contributed by atoms with Crippen LogP contribution in [-0.4, -0.2) is 30.6 Å². The van der Waals surface area contributed by atoms with Gasteiger partial charge in [-0.3, -0.25) is 0 Å². The predicted octanol–water partition coefficient (Wildman–Crippen LogP) is 2.93. The molecular formula is C19H22N2O2. The van der Waals surface area contributed by atoms with Crippen LogP contribution in [0.4, 0.5) is 4.79 Å². The highest BCUT2D eigenvalue weighted by Crippen LogP contribution is 2.34. The fraction of sp³-hybridized carbons (Fsp3) is 0.316. The molecule has 1 unspecified atom stereocenters. The molecule has 0 bridgehead atoms. The van der Waals surface area contributed by atoms with Gasteiger partial charge in [-0.15, -0.1) is 0 Å². The molecule has 0 aromatic heterocycles. The van der Waals surface area contributed by atoms with Crippen LogP contribution in [0.1, 0.15) is 17.5 Å². The minimum Gasteiger partial charge on any atom is -0.367 e. The first-order valence-corrected chi connectivity index (χ1v) is 7.97. The summed E-state index contributed by atoms with van der Waals surface area (Å²) < 4.78 is 6.20. The largest absolute Gasteiger partial charge is 0.367 e. The Morgan fingerprint density at radius 2 is 1.74 bits per heavy atom. The van der Waals surface area contributed by atoms with Gasteiger partial charge in [-0.25, -0.2) is 4.79 Å². The molecule has 4 heteroatoms. The van der Waals surface area contributed by atoms with Gasteiger partial charge in [0.2, 0.25) is 0 Å². The van der Waals surface area contributed by atoms with Crippen molar-refractivity contribution in [3.05, 3.63) is 71.8 Å². The molecule has 2 N–H and O–H groups in total. The first kappa shape index (κ1) is 15.6. The minimum atomic E-state index is -0.496. The number of urea groups is 1. The van der Waals surface area contributed by atoms with E-state index in [2.05, 4.69) is 24.3 Å². The zero-order valence-electron chi connectivity index (χ0n) is 13.2. The summed E-state index contributed by atoms with van der Waals surface area (Å²) in [6.07, 6.45) is 1.70. The summed E-state index contributed by atoms with van der Waals surface area (Å²) in [5, 5.41) is 0. The van der Waals surface area contributed by atoms with E-state index in [1.165, 1.54) is 5.56 Å². The zero-order valence-corrected chi connectivity index (χ0v) is 13.2. The van der Waals surface area contributed by atoms with Gasteiger partial charge in [0.25, 0.3) is 0 Å². The molecule has 0 saturated carbocycles. The maximum absolute atomic E-state index is 11.6. The lowest BCUT2D eigenvalue weighted by Crippen LogP contribution is -2.53. The fourth-order valence-electron chi connectivity index (χ4n) is 3.18. The van der Waals surface area contributed by atoms with Gasteiger partial charge in [0.1, 0.15) is 5.60 Å². The van der Waals surface area contributed by atoms with Crippen molar-refractivity contribution in [2.75, 3.05) is 19.7 Å². The number of rotatable bonds is 4. The minimum absolute atomic E-state index is 0.381. The Hall–Kier alpha value is -2.33. The lowest BCUT2D eigenvalue weighted by atomic mass is 9.86. The third-order valence-corrected chi connectivity index (χ3v) is 4.46. The summed E-state index contributed by atoms with van der Waals surface area (Å²) in [6.45, 7) is 1.56. The first-order chi connectivity index (χ1) is 11.2. The second-order valence-corrected chi connectivity index (χ2v) is 5.95. The van der Waals surface area contributed by atoms with Gasteiger partial charge >= 0.3 is 6.03 Å². The van der Waals surface area contributed by atoms with Crippen LogP contribution in [-0.2, 0) is 16.8 Å². The van der Waals surface area contributed by atoms with E-state index in [1.54, 1.807) is 4.90 Å². The highest BCUT2D eigenvalue weighted by molar-refractivity contribution is 5.72. The Morgan fingerprint density at radius 1 is 1.09 bits per heavy atom. The average Bonchev–Trinajstić information content (AvgIpc) is 2.62. The number of aryl methyl sites for hydroxylation is 1. The molecule has 0 radical (unpaired) electrons. The van der Waals surface area contributed by atoms with Crippen LogP contribution >= 0.6 is 0 Å². The predicted molar refractivity (Wildman–Crippen MR) is 90.0 cm³/mol. The van der Waals surface area contributed by atoms with Crippen LogP contribution in [0.2, 0.25) is 0 Å². The van der Waals surface area contributed by atoms with Crippen molar-refractivity contribution in [2.24, 2.45) is 5.73 Å². The summed E-state index contributed by atoms with van der Waals surface area (Å²) in [6, 6.07) is 20.1. The Morgan fingerprint density at radius 3 is 2.39 bits per heavy atom. The first-order valence-electron chi connectivity index (χ1n) is 7.97. The number of nitrogens with zero attached hydrogens (tertiary/aromatic N) is 1. The van der Waals surface area contributed by atoms with E-state index in [4.69, 9.17) is 10.5 Å². The van der Waals surface area contributed by atoms with E-state index in [0.29, 0.717) is 19.7 Å². The maximum atomic E-state index is 11.6. The van der Waals surface area contributed by atoms with E-state index in [1.807, 2.05) is 36.4 Å². The second kappa shape index (κ2) is 6.84. The summed E-state index contributed by atoms with van der Waals surface area (Å²) in [7, 11) is 0. The van der Waals surface area contributed by atoms with Gasteiger partial charge in [0.05, 0.1) is 13.2 Å². The molecule has 120 valence electrons. The molecule has 2 amide bonds. The molecule has 1 atom stereocenters. The number of carbonyl (C=O) groups is 1. The number of hydrogen-bond donors (Lipinski definition) is 1.